The highest BCUT2D eigenvalue weighted by atomic mass is 32.1. The summed E-state index contributed by atoms with van der Waals surface area (Å²) in [6.07, 6.45) is 8.57. The third-order valence-corrected chi connectivity index (χ3v) is 8.51. The molecule has 1 aromatic carbocycles. The Kier molecular flexibility index (Phi) is 6.56. The lowest BCUT2D eigenvalue weighted by Gasteiger charge is -2.38. The van der Waals surface area contributed by atoms with Crippen LogP contribution in [0.15, 0.2) is 35.5 Å². The Morgan fingerprint density at radius 2 is 1.85 bits per heavy atom. The number of carbonyl (C=O) groups is 2. The van der Waals surface area contributed by atoms with E-state index < -0.39 is 0 Å². The third-order valence-electron chi connectivity index (χ3n) is 7.24. The van der Waals surface area contributed by atoms with Crippen LogP contribution in [0.3, 0.4) is 0 Å². The summed E-state index contributed by atoms with van der Waals surface area (Å²) in [5, 5.41) is 10.9. The number of anilines is 1. The molecule has 0 saturated carbocycles. The number of nitriles is 1. The number of benzene rings is 1. The molecule has 0 fully saturated rings. The standard InChI is InChI=1S/C28H30N2O3S/c1-2-33-24-14-8-7-10-18(24)20-16-26(32)30(22-12-9-13-23(31)27(20)22)28-21(17-29)19-11-5-3-4-6-15-25(19)34-28/h7-8,10,14,20H,2-6,9,11-13,15-16H2,1H3/t20-/m0/s1. The largest absolute Gasteiger partial charge is 0.494 e. The van der Waals surface area contributed by atoms with Gasteiger partial charge in [-0.15, -0.1) is 11.3 Å². The van der Waals surface area contributed by atoms with Crippen molar-refractivity contribution in [2.75, 3.05) is 11.5 Å². The lowest BCUT2D eigenvalue weighted by atomic mass is 9.77. The number of hydrogen-bond acceptors (Lipinski definition) is 5. The van der Waals surface area contributed by atoms with E-state index >= 15 is 0 Å². The van der Waals surface area contributed by atoms with Crippen LogP contribution in [0.25, 0.3) is 0 Å². The van der Waals surface area contributed by atoms with E-state index in [1.54, 1.807) is 16.2 Å². The summed E-state index contributed by atoms with van der Waals surface area (Å²) in [6.45, 7) is 2.46. The van der Waals surface area contributed by atoms with Gasteiger partial charge in [0.2, 0.25) is 5.91 Å². The van der Waals surface area contributed by atoms with Gasteiger partial charge in [0.15, 0.2) is 5.78 Å². The fourth-order valence-corrected chi connectivity index (χ4v) is 7.11. The molecule has 5 rings (SSSR count). The van der Waals surface area contributed by atoms with E-state index in [0.717, 1.165) is 65.3 Å². The maximum atomic E-state index is 13.8. The van der Waals surface area contributed by atoms with Gasteiger partial charge in [-0.1, -0.05) is 31.0 Å². The zero-order chi connectivity index (χ0) is 23.7. The van der Waals surface area contributed by atoms with E-state index in [2.05, 4.69) is 6.07 Å². The second-order valence-corrected chi connectivity index (χ2v) is 10.4. The minimum Gasteiger partial charge on any atom is -0.494 e. The number of nitrogens with zero attached hydrogens (tertiary/aromatic N) is 2. The summed E-state index contributed by atoms with van der Waals surface area (Å²) in [4.78, 5) is 30.1. The molecule has 1 aliphatic heterocycles. The van der Waals surface area contributed by atoms with Crippen molar-refractivity contribution in [3.05, 3.63) is 57.1 Å². The number of carbonyl (C=O) groups excluding carboxylic acids is 2. The van der Waals surface area contributed by atoms with Crippen LogP contribution in [0.2, 0.25) is 0 Å². The van der Waals surface area contributed by atoms with Crippen LogP contribution in [-0.4, -0.2) is 18.3 Å². The van der Waals surface area contributed by atoms with Gasteiger partial charge in [-0.2, -0.15) is 5.26 Å². The van der Waals surface area contributed by atoms with E-state index in [4.69, 9.17) is 4.74 Å². The summed E-state index contributed by atoms with van der Waals surface area (Å²) >= 11 is 1.60. The Bertz CT molecular complexity index is 1200. The molecule has 176 valence electrons. The number of ketones is 1. The number of aryl methyl sites for hydroxylation is 1. The highest BCUT2D eigenvalue weighted by Gasteiger charge is 2.42. The first-order chi connectivity index (χ1) is 16.6. The van der Waals surface area contributed by atoms with Gasteiger partial charge in [0.25, 0.3) is 0 Å². The summed E-state index contributed by atoms with van der Waals surface area (Å²) in [7, 11) is 0. The Morgan fingerprint density at radius 1 is 1.06 bits per heavy atom. The van der Waals surface area contributed by atoms with Crippen LogP contribution in [0.1, 0.15) is 85.8 Å². The van der Waals surface area contributed by atoms with Crippen molar-refractivity contribution in [3.63, 3.8) is 0 Å². The van der Waals surface area contributed by atoms with Crippen LogP contribution in [0.4, 0.5) is 5.00 Å². The molecule has 2 heterocycles. The molecule has 0 bridgehead atoms. The molecular formula is C28H30N2O3S. The van der Waals surface area contributed by atoms with E-state index in [-0.39, 0.29) is 24.0 Å². The summed E-state index contributed by atoms with van der Waals surface area (Å²) in [6, 6.07) is 10.2. The lowest BCUT2D eigenvalue weighted by molar-refractivity contribution is -0.119. The summed E-state index contributed by atoms with van der Waals surface area (Å²) < 4.78 is 5.87. The first-order valence-electron chi connectivity index (χ1n) is 12.5. The Balaban J connectivity index is 1.65. The summed E-state index contributed by atoms with van der Waals surface area (Å²) in [5.74, 6) is 0.512. The SMILES string of the molecule is CCOc1ccccc1[C@@H]1CC(=O)N(c2sc3c(c2C#N)CCCCCC3)C2=C1C(=O)CCC2. The smallest absolute Gasteiger partial charge is 0.232 e. The number of thiophene rings is 1. The van der Waals surface area contributed by atoms with Crippen molar-refractivity contribution in [2.24, 2.45) is 0 Å². The monoisotopic (exact) mass is 474 g/mol. The molecule has 0 unspecified atom stereocenters. The molecule has 2 aromatic rings. The molecule has 0 N–H and O–H groups in total. The molecule has 6 heteroatoms. The Hall–Kier alpha value is -2.91. The first-order valence-corrected chi connectivity index (χ1v) is 13.3. The maximum absolute atomic E-state index is 13.8. The molecule has 0 spiro atoms. The van der Waals surface area contributed by atoms with E-state index in [1.165, 1.54) is 17.7 Å². The van der Waals surface area contributed by atoms with Crippen LogP contribution in [0.5, 0.6) is 5.75 Å². The van der Waals surface area contributed by atoms with E-state index in [0.29, 0.717) is 25.0 Å². The van der Waals surface area contributed by atoms with Gasteiger partial charge >= 0.3 is 0 Å². The number of para-hydroxylation sites is 1. The third kappa shape index (κ3) is 3.96. The van der Waals surface area contributed by atoms with Crippen LogP contribution < -0.4 is 9.64 Å². The molecule has 1 atom stereocenters. The number of Topliss-reactive ketones (excluding diaryl/α,β-unsaturated/α-hetero) is 1. The molecule has 34 heavy (non-hydrogen) atoms. The van der Waals surface area contributed by atoms with Gasteiger partial charge in [0, 0.05) is 40.5 Å². The Labute approximate surface area is 205 Å². The fourth-order valence-electron chi connectivity index (χ4n) is 5.73. The van der Waals surface area contributed by atoms with Crippen molar-refractivity contribution in [1.29, 1.82) is 5.26 Å². The fraction of sp³-hybridized carbons (Fsp3) is 0.464. The van der Waals surface area contributed by atoms with Gasteiger partial charge in [-0.25, -0.2) is 0 Å². The van der Waals surface area contributed by atoms with Crippen LogP contribution in [0, 0.1) is 11.3 Å². The molecule has 1 amide bonds. The van der Waals surface area contributed by atoms with Crippen molar-refractivity contribution in [1.82, 2.24) is 0 Å². The molecule has 5 nitrogen and oxygen atoms in total. The van der Waals surface area contributed by atoms with Crippen LogP contribution >= 0.6 is 11.3 Å². The molecule has 0 saturated heterocycles. The number of fused-ring (bicyclic) bond motifs is 1. The Morgan fingerprint density at radius 3 is 2.65 bits per heavy atom. The predicted octanol–water partition coefficient (Wildman–Crippen LogP) is 6.21. The second kappa shape index (κ2) is 9.76. The zero-order valence-electron chi connectivity index (χ0n) is 19.7. The van der Waals surface area contributed by atoms with Crippen molar-refractivity contribution in [2.45, 2.75) is 77.0 Å². The van der Waals surface area contributed by atoms with Gasteiger partial charge < -0.3 is 4.74 Å². The maximum Gasteiger partial charge on any atom is 0.232 e. The van der Waals surface area contributed by atoms with E-state index in [1.807, 2.05) is 31.2 Å². The predicted molar refractivity (Wildman–Crippen MR) is 133 cm³/mol. The highest BCUT2D eigenvalue weighted by molar-refractivity contribution is 7.16. The van der Waals surface area contributed by atoms with Gasteiger partial charge in [-0.3, -0.25) is 14.5 Å². The molecule has 3 aliphatic rings. The van der Waals surface area contributed by atoms with Crippen LogP contribution in [-0.2, 0) is 22.4 Å². The van der Waals surface area contributed by atoms with E-state index in [9.17, 15) is 14.9 Å². The normalized spacial score (nSPS) is 20.8. The van der Waals surface area contributed by atoms with Gasteiger partial charge in [0.1, 0.15) is 16.8 Å². The topological polar surface area (TPSA) is 70.4 Å². The van der Waals surface area contributed by atoms with Crippen molar-refractivity contribution >= 4 is 28.0 Å². The number of amides is 1. The quantitative estimate of drug-likeness (QED) is 0.529. The summed E-state index contributed by atoms with van der Waals surface area (Å²) in [5.41, 5.74) is 4.22. The lowest BCUT2D eigenvalue weighted by Crippen LogP contribution is -2.40. The zero-order valence-corrected chi connectivity index (χ0v) is 20.5. The molecule has 0 radical (unpaired) electrons. The number of hydrogen-bond donors (Lipinski definition) is 0. The highest BCUT2D eigenvalue weighted by Crippen LogP contribution is 2.48. The minimum atomic E-state index is -0.305. The minimum absolute atomic E-state index is 0.0320. The van der Waals surface area contributed by atoms with Crippen molar-refractivity contribution < 1.29 is 14.3 Å². The number of ether oxygens (including phenoxy) is 1. The van der Waals surface area contributed by atoms with Gasteiger partial charge in [-0.05, 0) is 57.1 Å². The number of rotatable bonds is 4. The van der Waals surface area contributed by atoms with Gasteiger partial charge in [0.05, 0.1) is 12.2 Å². The molecule has 1 aromatic heterocycles. The molecule has 2 aliphatic carbocycles. The molecular weight excluding hydrogens is 444 g/mol. The average Bonchev–Trinajstić information content (AvgIpc) is 3.15. The second-order valence-electron chi connectivity index (χ2n) is 9.30. The average molecular weight is 475 g/mol. The first kappa shape index (κ1) is 22.9. The number of allylic oxidation sites excluding steroid dienone is 2. The van der Waals surface area contributed by atoms with Crippen molar-refractivity contribution in [3.8, 4) is 11.8 Å².